The van der Waals surface area contributed by atoms with Crippen LogP contribution in [-0.2, 0) is 11.2 Å². The summed E-state index contributed by atoms with van der Waals surface area (Å²) < 4.78 is 5.31. The third-order valence-corrected chi connectivity index (χ3v) is 7.75. The van der Waals surface area contributed by atoms with Crippen LogP contribution in [0, 0.1) is 0 Å². The molecule has 1 N–H and O–H groups in total. The van der Waals surface area contributed by atoms with Crippen molar-refractivity contribution in [1.82, 2.24) is 9.88 Å². The van der Waals surface area contributed by atoms with Crippen LogP contribution in [0.3, 0.4) is 0 Å². The number of hydrogen-bond acceptors (Lipinski definition) is 4. The molecule has 5 rings (SSSR count). The topological polar surface area (TPSA) is 31.5 Å². The lowest BCUT2D eigenvalue weighted by atomic mass is 10.0. The summed E-state index contributed by atoms with van der Waals surface area (Å²) in [6.45, 7) is 5.31. The predicted molar refractivity (Wildman–Crippen MR) is 128 cm³/mol. The summed E-state index contributed by atoms with van der Waals surface area (Å²) in [4.78, 5) is 10.1. The molecule has 3 heterocycles. The molecule has 0 amide bonds. The second-order valence-electron chi connectivity index (χ2n) is 8.81. The number of aromatic amines is 1. The average molecular weight is 424 g/mol. The van der Waals surface area contributed by atoms with Crippen LogP contribution >= 0.6 is 11.8 Å². The van der Waals surface area contributed by atoms with Gasteiger partial charge in [-0.3, -0.25) is 4.90 Å². The van der Waals surface area contributed by atoms with Gasteiger partial charge in [0.2, 0.25) is 0 Å². The summed E-state index contributed by atoms with van der Waals surface area (Å²) in [6.07, 6.45) is 10.7. The van der Waals surface area contributed by atoms with Gasteiger partial charge in [-0.15, -0.1) is 11.8 Å². The molecule has 2 saturated heterocycles. The van der Waals surface area contributed by atoms with E-state index in [4.69, 9.17) is 4.74 Å². The van der Waals surface area contributed by atoms with Gasteiger partial charge < -0.3 is 14.6 Å². The number of benzene rings is 1. The zero-order valence-electron chi connectivity index (χ0n) is 18.0. The number of H-pyrrole nitrogens is 1. The van der Waals surface area contributed by atoms with E-state index in [2.05, 4.69) is 58.2 Å². The first-order chi connectivity index (χ1) is 14.8. The molecule has 0 saturated carbocycles. The number of thioether (sulfide) groups is 1. The molecule has 5 heteroatoms. The lowest BCUT2D eigenvalue weighted by Gasteiger charge is -2.34. The number of fused-ring (bicyclic) bond motifs is 1. The van der Waals surface area contributed by atoms with Crippen LogP contribution in [0.15, 0.2) is 35.2 Å². The molecule has 2 aliphatic heterocycles. The van der Waals surface area contributed by atoms with E-state index in [9.17, 15) is 0 Å². The van der Waals surface area contributed by atoms with Crippen LogP contribution in [0.2, 0.25) is 0 Å². The van der Waals surface area contributed by atoms with Gasteiger partial charge in [0, 0.05) is 40.6 Å². The molecule has 160 valence electrons. The molecule has 2 aromatic rings. The van der Waals surface area contributed by atoms with Crippen molar-refractivity contribution in [3.05, 3.63) is 41.6 Å². The van der Waals surface area contributed by atoms with E-state index in [0.717, 1.165) is 38.4 Å². The van der Waals surface area contributed by atoms with E-state index >= 15 is 0 Å². The number of hydrogen-bond donors (Lipinski definition) is 1. The number of allylic oxidation sites excluding steroid dienone is 1. The highest BCUT2D eigenvalue weighted by Crippen LogP contribution is 2.37. The second kappa shape index (κ2) is 9.21. The largest absolute Gasteiger partial charge is 0.378 e. The number of aryl methyl sites for hydroxylation is 1. The van der Waals surface area contributed by atoms with Crippen molar-refractivity contribution in [2.75, 3.05) is 50.5 Å². The summed E-state index contributed by atoms with van der Waals surface area (Å²) in [6, 6.07) is 10.1. The number of rotatable bonds is 8. The Balaban J connectivity index is 1.31. The zero-order chi connectivity index (χ0) is 20.3. The summed E-state index contributed by atoms with van der Waals surface area (Å²) in [5, 5.41) is 0. The third kappa shape index (κ3) is 4.34. The fourth-order valence-corrected chi connectivity index (χ4v) is 5.55. The molecule has 1 aromatic carbocycles. The number of aromatic nitrogens is 1. The standard InChI is InChI=1S/C25H33N3OS/c1-27(20-17-29-18-20)11-6-14-30-21-9-10-25(28-12-4-5-13-28)22(16-21)24-15-19-7-2-3-8-23(19)26-24/h3,8-10,15-16,20,26H,2,4-7,11-14,17-18H2,1H3. The van der Waals surface area contributed by atoms with E-state index in [1.807, 2.05) is 11.8 Å². The zero-order valence-corrected chi connectivity index (χ0v) is 18.8. The highest BCUT2D eigenvalue weighted by atomic mass is 32.2. The van der Waals surface area contributed by atoms with Gasteiger partial charge in [-0.1, -0.05) is 6.08 Å². The van der Waals surface area contributed by atoms with Gasteiger partial charge in [0.25, 0.3) is 0 Å². The Kier molecular flexibility index (Phi) is 6.21. The SMILES string of the molecule is CN(CCCSc1ccc(N2CCCC2)c(-c2cc3c([nH]2)C=CCC3)c1)C1COC1. The van der Waals surface area contributed by atoms with Crippen molar-refractivity contribution in [1.29, 1.82) is 0 Å². The van der Waals surface area contributed by atoms with Crippen LogP contribution in [0.1, 0.15) is 36.9 Å². The average Bonchev–Trinajstić information content (AvgIpc) is 3.39. The van der Waals surface area contributed by atoms with Gasteiger partial charge in [-0.2, -0.15) is 0 Å². The van der Waals surface area contributed by atoms with Gasteiger partial charge in [0.1, 0.15) is 0 Å². The smallest absolute Gasteiger partial charge is 0.0645 e. The van der Waals surface area contributed by atoms with Gasteiger partial charge >= 0.3 is 0 Å². The van der Waals surface area contributed by atoms with Crippen LogP contribution in [0.4, 0.5) is 5.69 Å². The Bertz CT molecular complexity index is 896. The van der Waals surface area contributed by atoms with E-state index in [-0.39, 0.29) is 0 Å². The van der Waals surface area contributed by atoms with Crippen molar-refractivity contribution in [2.45, 2.75) is 43.0 Å². The van der Waals surface area contributed by atoms with Crippen LogP contribution in [0.25, 0.3) is 17.3 Å². The monoisotopic (exact) mass is 423 g/mol. The first kappa shape index (κ1) is 20.2. The van der Waals surface area contributed by atoms with Gasteiger partial charge in [-0.25, -0.2) is 0 Å². The van der Waals surface area contributed by atoms with Crippen molar-refractivity contribution < 1.29 is 4.74 Å². The maximum absolute atomic E-state index is 5.31. The number of nitrogens with zero attached hydrogens (tertiary/aromatic N) is 2. The van der Waals surface area contributed by atoms with E-state index in [1.54, 1.807) is 0 Å². The molecular formula is C25H33N3OS. The van der Waals surface area contributed by atoms with Crippen molar-refractivity contribution >= 4 is 23.5 Å². The fraction of sp³-hybridized carbons (Fsp3) is 0.520. The third-order valence-electron chi connectivity index (χ3n) is 6.67. The molecule has 0 radical (unpaired) electrons. The molecule has 1 aliphatic carbocycles. The number of nitrogens with one attached hydrogen (secondary N) is 1. The van der Waals surface area contributed by atoms with E-state index < -0.39 is 0 Å². The van der Waals surface area contributed by atoms with Gasteiger partial charge in [-0.05, 0) is 87.4 Å². The summed E-state index contributed by atoms with van der Waals surface area (Å²) >= 11 is 1.99. The normalized spacial score (nSPS) is 18.8. The number of likely N-dealkylation sites (N-methyl/N-ethyl adjacent to an activating group) is 1. The van der Waals surface area contributed by atoms with Crippen LogP contribution in [-0.4, -0.2) is 61.6 Å². The maximum atomic E-state index is 5.31. The Labute approximate surface area is 184 Å². The molecular weight excluding hydrogens is 390 g/mol. The minimum Gasteiger partial charge on any atom is -0.378 e. The Morgan fingerprint density at radius 2 is 2.07 bits per heavy atom. The van der Waals surface area contributed by atoms with Crippen molar-refractivity contribution in [2.24, 2.45) is 0 Å². The number of ether oxygens (including phenoxy) is 1. The minimum atomic E-state index is 0.634. The lowest BCUT2D eigenvalue weighted by molar-refractivity contribution is -0.0557. The van der Waals surface area contributed by atoms with Crippen LogP contribution < -0.4 is 4.90 Å². The molecule has 0 atom stereocenters. The molecule has 0 unspecified atom stereocenters. The van der Waals surface area contributed by atoms with Gasteiger partial charge in [0.15, 0.2) is 0 Å². The molecule has 0 bridgehead atoms. The quantitative estimate of drug-likeness (QED) is 0.475. The molecule has 0 spiro atoms. The fourth-order valence-electron chi connectivity index (χ4n) is 4.67. The summed E-state index contributed by atoms with van der Waals surface area (Å²) in [5.41, 5.74) is 6.80. The maximum Gasteiger partial charge on any atom is 0.0645 e. The highest BCUT2D eigenvalue weighted by Gasteiger charge is 2.22. The Morgan fingerprint density at radius 3 is 2.83 bits per heavy atom. The first-order valence-corrected chi connectivity index (χ1v) is 12.4. The molecule has 2 fully saturated rings. The van der Waals surface area contributed by atoms with Crippen molar-refractivity contribution in [3.63, 3.8) is 0 Å². The van der Waals surface area contributed by atoms with E-state index in [1.165, 1.54) is 65.4 Å². The van der Waals surface area contributed by atoms with Gasteiger partial charge in [0.05, 0.1) is 19.3 Å². The summed E-state index contributed by atoms with van der Waals surface area (Å²) in [7, 11) is 2.22. The molecule has 1 aromatic heterocycles. The summed E-state index contributed by atoms with van der Waals surface area (Å²) in [5.74, 6) is 1.16. The highest BCUT2D eigenvalue weighted by molar-refractivity contribution is 7.99. The molecule has 4 nitrogen and oxygen atoms in total. The van der Waals surface area contributed by atoms with Crippen LogP contribution in [0.5, 0.6) is 0 Å². The first-order valence-electron chi connectivity index (χ1n) is 11.5. The van der Waals surface area contributed by atoms with Crippen molar-refractivity contribution in [3.8, 4) is 11.3 Å². The molecule has 30 heavy (non-hydrogen) atoms. The number of anilines is 1. The predicted octanol–water partition coefficient (Wildman–Crippen LogP) is 5.05. The molecule has 3 aliphatic rings. The lowest BCUT2D eigenvalue weighted by Crippen LogP contribution is -2.47. The Morgan fingerprint density at radius 1 is 1.20 bits per heavy atom. The van der Waals surface area contributed by atoms with E-state index in [0.29, 0.717) is 6.04 Å². The Hall–Kier alpha value is -1.69. The second-order valence-corrected chi connectivity index (χ2v) is 9.98. The minimum absolute atomic E-state index is 0.634.